The number of rotatable bonds is 1. The van der Waals surface area contributed by atoms with E-state index in [1.54, 1.807) is 30.3 Å². The molecule has 1 aliphatic heterocycles. The zero-order valence-corrected chi connectivity index (χ0v) is 12.4. The van der Waals surface area contributed by atoms with Crippen LogP contribution in [0.25, 0.3) is 0 Å². The fraction of sp³-hybridized carbons (Fsp3) is 0.0909. The summed E-state index contributed by atoms with van der Waals surface area (Å²) >= 11 is -0.556. The van der Waals surface area contributed by atoms with E-state index in [9.17, 15) is 8.78 Å². The van der Waals surface area contributed by atoms with Gasteiger partial charge in [0.25, 0.3) is 0 Å². The van der Waals surface area contributed by atoms with E-state index in [-0.39, 0.29) is 0 Å². The zero-order valence-electron chi connectivity index (χ0n) is 8.46. The number of nitrogens with one attached hydrogen (secondary N) is 1. The molecule has 1 N–H and O–H groups in total. The van der Waals surface area contributed by atoms with Crippen molar-refractivity contribution in [1.29, 1.82) is 0 Å². The number of benzene rings is 1. The summed E-state index contributed by atoms with van der Waals surface area (Å²) in [4.78, 5) is 0. The first-order chi connectivity index (χ1) is 8.12. The standard InChI is InChI=1S/C11H9F2N.2ClH.Ir/c12-10-6-7-14-11(13,8-10)9-4-2-1-3-5-9;;;/h1-8,14H;2*1H;/q;;;+2/p-2. The quantitative estimate of drug-likeness (QED) is 0.627. The summed E-state index contributed by atoms with van der Waals surface area (Å²) in [5.41, 5.74) is 0.388. The van der Waals surface area contributed by atoms with Gasteiger partial charge >= 0.3 is 34.8 Å². The zero-order chi connectivity index (χ0) is 12.7. The second-order valence-electron chi connectivity index (χ2n) is 3.13. The van der Waals surface area contributed by atoms with E-state index in [4.69, 9.17) is 19.2 Å². The van der Waals surface area contributed by atoms with Crippen LogP contribution in [0.1, 0.15) is 5.56 Å². The van der Waals surface area contributed by atoms with Crippen LogP contribution in [-0.2, 0) is 21.5 Å². The summed E-state index contributed by atoms with van der Waals surface area (Å²) in [5.74, 6) is -2.50. The molecular formula is C11H9Cl2F2IrN. The average Bonchev–Trinajstić information content (AvgIpc) is 2.31. The Morgan fingerprint density at radius 3 is 2.29 bits per heavy atom. The summed E-state index contributed by atoms with van der Waals surface area (Å²) in [7, 11) is 9.78. The molecule has 1 nitrogen and oxygen atoms in total. The Bertz CT molecular complexity index is 411. The monoisotopic (exact) mass is 456 g/mol. The third-order valence-electron chi connectivity index (χ3n) is 2.07. The van der Waals surface area contributed by atoms with Crippen molar-refractivity contribution in [3.63, 3.8) is 0 Å². The van der Waals surface area contributed by atoms with Crippen LogP contribution in [0.15, 0.2) is 54.5 Å². The van der Waals surface area contributed by atoms with Gasteiger partial charge in [0.05, 0.1) is 0 Å². The van der Waals surface area contributed by atoms with Crippen molar-refractivity contribution < 1.29 is 24.5 Å². The van der Waals surface area contributed by atoms with E-state index >= 15 is 0 Å². The first-order valence-corrected chi connectivity index (χ1v) is 10.5. The van der Waals surface area contributed by atoms with E-state index < -0.39 is 27.3 Å². The molecule has 0 aliphatic carbocycles. The Balaban J connectivity index is 0.000000437. The molecule has 17 heavy (non-hydrogen) atoms. The number of allylic oxidation sites excluding steroid dienone is 2. The normalized spacial score (nSPS) is 22.2. The Labute approximate surface area is 114 Å². The fourth-order valence-electron chi connectivity index (χ4n) is 1.37. The van der Waals surface area contributed by atoms with Crippen LogP contribution in [-0.4, -0.2) is 0 Å². The second-order valence-corrected chi connectivity index (χ2v) is 6.59. The van der Waals surface area contributed by atoms with E-state index in [1.807, 2.05) is 0 Å². The maximum absolute atomic E-state index is 14.1. The van der Waals surface area contributed by atoms with Crippen LogP contribution >= 0.6 is 19.2 Å². The molecule has 0 amide bonds. The van der Waals surface area contributed by atoms with Crippen LogP contribution in [0, 0.1) is 0 Å². The molecule has 95 valence electrons. The summed E-state index contributed by atoms with van der Waals surface area (Å²) in [6, 6.07) is 8.42. The van der Waals surface area contributed by atoms with Crippen molar-refractivity contribution >= 4 is 19.2 Å². The van der Waals surface area contributed by atoms with E-state index in [0.29, 0.717) is 5.56 Å². The van der Waals surface area contributed by atoms with Gasteiger partial charge in [0, 0.05) is 17.8 Å². The number of hydrogen-bond acceptors (Lipinski definition) is 1. The number of halogens is 4. The van der Waals surface area contributed by atoms with Gasteiger partial charge in [0.1, 0.15) is 5.83 Å². The van der Waals surface area contributed by atoms with Gasteiger partial charge in [-0.15, -0.1) is 0 Å². The Kier molecular flexibility index (Phi) is 6.13. The molecule has 6 heteroatoms. The van der Waals surface area contributed by atoms with Crippen LogP contribution in [0.3, 0.4) is 0 Å². The summed E-state index contributed by atoms with van der Waals surface area (Å²) in [6.07, 6.45) is 3.37. The molecule has 0 saturated heterocycles. The third kappa shape index (κ3) is 4.40. The Morgan fingerprint density at radius 1 is 1.18 bits per heavy atom. The van der Waals surface area contributed by atoms with Gasteiger partial charge in [-0.1, -0.05) is 30.3 Å². The average molecular weight is 456 g/mol. The van der Waals surface area contributed by atoms with Crippen molar-refractivity contribution in [2.45, 2.75) is 5.79 Å². The summed E-state index contributed by atoms with van der Waals surface area (Å²) < 4.78 is 26.9. The van der Waals surface area contributed by atoms with Crippen molar-refractivity contribution in [2.75, 3.05) is 0 Å². The van der Waals surface area contributed by atoms with Crippen LogP contribution in [0.5, 0.6) is 0 Å². The topological polar surface area (TPSA) is 12.0 Å². The van der Waals surface area contributed by atoms with Gasteiger partial charge < -0.3 is 5.32 Å². The summed E-state index contributed by atoms with van der Waals surface area (Å²) in [5, 5.41) is 2.48. The van der Waals surface area contributed by atoms with E-state index in [1.165, 1.54) is 12.3 Å². The number of dihydropyridines is 1. The van der Waals surface area contributed by atoms with E-state index in [2.05, 4.69) is 5.32 Å². The third-order valence-corrected chi connectivity index (χ3v) is 2.07. The Morgan fingerprint density at radius 2 is 1.76 bits per heavy atom. The molecule has 0 radical (unpaired) electrons. The molecule has 2 rings (SSSR count). The summed E-state index contributed by atoms with van der Waals surface area (Å²) in [6.45, 7) is 0. The van der Waals surface area contributed by atoms with Gasteiger partial charge in [-0.25, -0.2) is 8.78 Å². The van der Waals surface area contributed by atoms with Crippen LogP contribution in [0.4, 0.5) is 8.78 Å². The second kappa shape index (κ2) is 7.12. The van der Waals surface area contributed by atoms with Crippen molar-refractivity contribution in [1.82, 2.24) is 5.32 Å². The molecule has 0 saturated carbocycles. The predicted molar refractivity (Wildman–Crippen MR) is 62.4 cm³/mol. The number of alkyl halides is 1. The minimum absolute atomic E-state index is 0.388. The van der Waals surface area contributed by atoms with Gasteiger partial charge in [0.15, 0.2) is 0 Å². The molecule has 1 unspecified atom stereocenters. The van der Waals surface area contributed by atoms with Crippen LogP contribution in [0.2, 0.25) is 0 Å². The molecule has 1 heterocycles. The molecule has 0 spiro atoms. The predicted octanol–water partition coefficient (Wildman–Crippen LogP) is 4.16. The van der Waals surface area contributed by atoms with Gasteiger partial charge in [-0.3, -0.25) is 0 Å². The van der Waals surface area contributed by atoms with Crippen LogP contribution < -0.4 is 5.32 Å². The first-order valence-electron chi connectivity index (χ1n) is 4.53. The van der Waals surface area contributed by atoms with Crippen molar-refractivity contribution in [2.24, 2.45) is 0 Å². The fourth-order valence-corrected chi connectivity index (χ4v) is 1.37. The molecule has 0 fully saturated rings. The molecular weight excluding hydrogens is 447 g/mol. The molecule has 0 aromatic heterocycles. The Hall–Kier alpha value is -0.411. The maximum atomic E-state index is 14.1. The SMILES string of the molecule is FC1=CC(F)(c2ccccc2)NC=C1.[Cl][Ir][Cl]. The molecule has 0 bridgehead atoms. The molecule has 1 aromatic carbocycles. The van der Waals surface area contributed by atoms with E-state index in [0.717, 1.165) is 6.08 Å². The van der Waals surface area contributed by atoms with Crippen molar-refractivity contribution in [3.8, 4) is 0 Å². The number of hydrogen-bond donors (Lipinski definition) is 1. The first kappa shape index (κ1) is 14.6. The minimum atomic E-state index is -1.93. The van der Waals surface area contributed by atoms with Gasteiger partial charge in [-0.2, -0.15) is 0 Å². The molecule has 1 aliphatic rings. The van der Waals surface area contributed by atoms with Gasteiger partial charge in [0.2, 0.25) is 5.79 Å². The van der Waals surface area contributed by atoms with Crippen molar-refractivity contribution in [3.05, 3.63) is 60.1 Å². The van der Waals surface area contributed by atoms with Gasteiger partial charge in [-0.05, 0) is 6.08 Å². The molecule has 1 aromatic rings. The molecule has 1 atom stereocenters.